The molecule has 27 heavy (non-hydrogen) atoms. The Balaban J connectivity index is 1.70. The maximum absolute atomic E-state index is 5.40. The van der Waals surface area contributed by atoms with E-state index >= 15 is 0 Å². The van der Waals surface area contributed by atoms with Crippen LogP contribution >= 0.6 is 11.8 Å². The summed E-state index contributed by atoms with van der Waals surface area (Å²) in [6.45, 7) is 10.5. The highest BCUT2D eigenvalue weighted by atomic mass is 32.2. The molecule has 1 saturated heterocycles. The van der Waals surface area contributed by atoms with Gasteiger partial charge in [-0.2, -0.15) is 11.8 Å². The number of aliphatic imine (C=N–C) groups is 1. The van der Waals surface area contributed by atoms with Crippen molar-refractivity contribution in [1.29, 1.82) is 0 Å². The molecule has 154 valence electrons. The summed E-state index contributed by atoms with van der Waals surface area (Å²) in [6.07, 6.45) is 7.04. The lowest BCUT2D eigenvalue weighted by Gasteiger charge is -2.26. The molecule has 0 atom stereocenters. The van der Waals surface area contributed by atoms with Gasteiger partial charge in [-0.1, -0.05) is 6.92 Å². The van der Waals surface area contributed by atoms with Gasteiger partial charge in [-0.25, -0.2) is 0 Å². The molecule has 2 heterocycles. The molecule has 0 radical (unpaired) electrons. The Kier molecular flexibility index (Phi) is 11.2. The number of nitrogens with zero attached hydrogens (tertiary/aromatic N) is 5. The highest BCUT2D eigenvalue weighted by Gasteiger charge is 2.09. The molecule has 0 bridgehead atoms. The molecule has 8 nitrogen and oxygen atoms in total. The number of hydrogen-bond acceptors (Lipinski definition) is 6. The molecule has 0 amide bonds. The summed E-state index contributed by atoms with van der Waals surface area (Å²) >= 11 is 1.87. The van der Waals surface area contributed by atoms with Crippen molar-refractivity contribution in [2.75, 3.05) is 64.5 Å². The first kappa shape index (κ1) is 22.0. The molecule has 0 unspecified atom stereocenters. The van der Waals surface area contributed by atoms with Crippen LogP contribution in [0.25, 0.3) is 0 Å². The molecule has 0 spiro atoms. The fraction of sp³-hybridized carbons (Fsp3) is 0.833. The largest absolute Gasteiger partial charge is 0.379 e. The van der Waals surface area contributed by atoms with E-state index in [1.54, 1.807) is 6.33 Å². The molecule has 1 fully saturated rings. The number of morpholine rings is 1. The van der Waals surface area contributed by atoms with Crippen LogP contribution in [-0.4, -0.2) is 90.1 Å². The van der Waals surface area contributed by atoms with Gasteiger partial charge in [0.05, 0.1) is 13.2 Å². The minimum atomic E-state index is 0.808. The quantitative estimate of drug-likeness (QED) is 0.307. The molecule has 0 aliphatic carbocycles. The zero-order valence-electron chi connectivity index (χ0n) is 16.8. The lowest BCUT2D eigenvalue weighted by atomic mass is 10.3. The second-order valence-corrected chi connectivity index (χ2v) is 7.52. The average molecular weight is 398 g/mol. The predicted molar refractivity (Wildman–Crippen MR) is 113 cm³/mol. The van der Waals surface area contributed by atoms with E-state index in [1.165, 1.54) is 0 Å². The first-order chi connectivity index (χ1) is 13.3. The SMILES string of the molecule is CCc1nncn1CCNC(=NCCCSC)NCCCN1CCOCC1. The van der Waals surface area contributed by atoms with E-state index in [2.05, 4.69) is 43.5 Å². The number of thioether (sulfide) groups is 1. The highest BCUT2D eigenvalue weighted by molar-refractivity contribution is 7.98. The predicted octanol–water partition coefficient (Wildman–Crippen LogP) is 0.851. The maximum atomic E-state index is 5.40. The highest BCUT2D eigenvalue weighted by Crippen LogP contribution is 1.98. The molecule has 2 rings (SSSR count). The summed E-state index contributed by atoms with van der Waals surface area (Å²) in [5.74, 6) is 3.08. The Morgan fingerprint density at radius 1 is 1.22 bits per heavy atom. The van der Waals surface area contributed by atoms with Gasteiger partial charge in [0.25, 0.3) is 0 Å². The van der Waals surface area contributed by atoms with Crippen molar-refractivity contribution in [2.45, 2.75) is 32.7 Å². The van der Waals surface area contributed by atoms with Crippen LogP contribution < -0.4 is 10.6 Å². The Morgan fingerprint density at radius 2 is 2.04 bits per heavy atom. The molecular formula is C18H35N7OS. The second-order valence-electron chi connectivity index (χ2n) is 6.53. The van der Waals surface area contributed by atoms with Crippen LogP contribution in [0.2, 0.25) is 0 Å². The first-order valence-electron chi connectivity index (χ1n) is 10.0. The van der Waals surface area contributed by atoms with E-state index in [-0.39, 0.29) is 0 Å². The van der Waals surface area contributed by atoms with E-state index in [1.807, 2.05) is 11.8 Å². The van der Waals surface area contributed by atoms with E-state index in [9.17, 15) is 0 Å². The third kappa shape index (κ3) is 8.94. The fourth-order valence-corrected chi connectivity index (χ4v) is 3.36. The summed E-state index contributed by atoms with van der Waals surface area (Å²) in [5, 5.41) is 15.0. The van der Waals surface area contributed by atoms with Crippen LogP contribution in [0.1, 0.15) is 25.6 Å². The third-order valence-corrected chi connectivity index (χ3v) is 5.18. The Morgan fingerprint density at radius 3 is 2.81 bits per heavy atom. The summed E-state index contributed by atoms with van der Waals surface area (Å²) < 4.78 is 7.49. The van der Waals surface area contributed by atoms with Gasteiger partial charge in [0.1, 0.15) is 12.2 Å². The average Bonchev–Trinajstić information content (AvgIpc) is 3.16. The molecule has 1 aromatic rings. The van der Waals surface area contributed by atoms with Crippen molar-refractivity contribution in [1.82, 2.24) is 30.3 Å². The van der Waals surface area contributed by atoms with Gasteiger partial charge in [0.2, 0.25) is 0 Å². The molecule has 1 aliphatic rings. The van der Waals surface area contributed by atoms with Gasteiger partial charge >= 0.3 is 0 Å². The summed E-state index contributed by atoms with van der Waals surface area (Å²) in [5.41, 5.74) is 0. The van der Waals surface area contributed by atoms with Crippen LogP contribution in [0.5, 0.6) is 0 Å². The first-order valence-corrected chi connectivity index (χ1v) is 11.4. The van der Waals surface area contributed by atoms with Crippen LogP contribution in [0, 0.1) is 0 Å². The van der Waals surface area contributed by atoms with Crippen LogP contribution in [-0.2, 0) is 17.7 Å². The van der Waals surface area contributed by atoms with E-state index in [4.69, 9.17) is 9.73 Å². The molecule has 1 aliphatic heterocycles. The van der Waals surface area contributed by atoms with Crippen molar-refractivity contribution in [3.05, 3.63) is 12.2 Å². The van der Waals surface area contributed by atoms with Crippen molar-refractivity contribution in [3.8, 4) is 0 Å². The monoisotopic (exact) mass is 397 g/mol. The van der Waals surface area contributed by atoms with Gasteiger partial charge in [0, 0.05) is 45.7 Å². The smallest absolute Gasteiger partial charge is 0.191 e. The number of aryl methyl sites for hydroxylation is 1. The summed E-state index contributed by atoms with van der Waals surface area (Å²) in [4.78, 5) is 7.18. The van der Waals surface area contributed by atoms with Crippen LogP contribution in [0.15, 0.2) is 11.3 Å². The Bertz CT molecular complexity index is 532. The molecule has 1 aromatic heterocycles. The molecule has 0 aromatic carbocycles. The number of guanidine groups is 1. The van der Waals surface area contributed by atoms with Gasteiger partial charge in [0.15, 0.2) is 5.96 Å². The van der Waals surface area contributed by atoms with E-state index in [0.717, 1.165) is 95.8 Å². The lowest BCUT2D eigenvalue weighted by molar-refractivity contribution is 0.0376. The maximum Gasteiger partial charge on any atom is 0.191 e. The molecule has 2 N–H and O–H groups in total. The zero-order chi connectivity index (χ0) is 19.2. The number of hydrogen-bond donors (Lipinski definition) is 2. The number of nitrogens with one attached hydrogen (secondary N) is 2. The Labute approximate surface area is 167 Å². The lowest BCUT2D eigenvalue weighted by Crippen LogP contribution is -2.41. The number of aromatic nitrogens is 3. The van der Waals surface area contributed by atoms with Crippen molar-refractivity contribution in [3.63, 3.8) is 0 Å². The minimum Gasteiger partial charge on any atom is -0.379 e. The summed E-state index contributed by atoms with van der Waals surface area (Å²) in [7, 11) is 0. The third-order valence-electron chi connectivity index (χ3n) is 4.48. The van der Waals surface area contributed by atoms with E-state index in [0.29, 0.717) is 0 Å². The van der Waals surface area contributed by atoms with Crippen LogP contribution in [0.4, 0.5) is 0 Å². The second kappa shape index (κ2) is 13.8. The number of ether oxygens (including phenoxy) is 1. The number of rotatable bonds is 12. The van der Waals surface area contributed by atoms with Gasteiger partial charge < -0.3 is 19.9 Å². The van der Waals surface area contributed by atoms with Crippen molar-refractivity contribution < 1.29 is 4.74 Å². The normalized spacial score (nSPS) is 15.9. The fourth-order valence-electron chi connectivity index (χ4n) is 2.94. The van der Waals surface area contributed by atoms with Gasteiger partial charge in [-0.3, -0.25) is 9.89 Å². The zero-order valence-corrected chi connectivity index (χ0v) is 17.6. The standard InChI is InChI=1S/C18H35N7OS/c1-3-17-23-22-16-25(17)10-8-21-18(20-7-5-15-27-2)19-6-4-9-24-11-13-26-14-12-24/h16H,3-15H2,1-2H3,(H2,19,20,21). The Hall–Kier alpha value is -1.32. The molecule has 9 heteroatoms. The topological polar surface area (TPSA) is 79.6 Å². The summed E-state index contributed by atoms with van der Waals surface area (Å²) in [6, 6.07) is 0. The van der Waals surface area contributed by atoms with Crippen molar-refractivity contribution >= 4 is 17.7 Å². The van der Waals surface area contributed by atoms with E-state index < -0.39 is 0 Å². The molecular weight excluding hydrogens is 362 g/mol. The molecule has 0 saturated carbocycles. The van der Waals surface area contributed by atoms with Gasteiger partial charge in [-0.05, 0) is 31.4 Å². The van der Waals surface area contributed by atoms with Crippen molar-refractivity contribution in [2.24, 2.45) is 4.99 Å². The van der Waals surface area contributed by atoms with Gasteiger partial charge in [-0.15, -0.1) is 10.2 Å². The van der Waals surface area contributed by atoms with Crippen LogP contribution in [0.3, 0.4) is 0 Å². The minimum absolute atomic E-state index is 0.808.